The van der Waals surface area contributed by atoms with Gasteiger partial charge in [-0.15, -0.1) is 0 Å². The third-order valence-corrected chi connectivity index (χ3v) is 3.68. The first-order chi connectivity index (χ1) is 8.30. The van der Waals surface area contributed by atoms with Crippen LogP contribution in [0.25, 0.3) is 0 Å². The molecule has 92 valence electrons. The lowest BCUT2D eigenvalue weighted by molar-refractivity contribution is 0.164. The number of hydrogen-bond acceptors (Lipinski definition) is 4. The van der Waals surface area contributed by atoms with Gasteiger partial charge in [0.1, 0.15) is 13.2 Å². The van der Waals surface area contributed by atoms with E-state index in [2.05, 4.69) is 6.07 Å². The van der Waals surface area contributed by atoms with Gasteiger partial charge < -0.3 is 19.9 Å². The van der Waals surface area contributed by atoms with Crippen molar-refractivity contribution in [1.82, 2.24) is 0 Å². The molecule has 0 aromatic heterocycles. The summed E-state index contributed by atoms with van der Waals surface area (Å²) in [7, 11) is 1.67. The molecule has 1 aromatic rings. The fraction of sp³-hybridized carbons (Fsp3) is 0.538. The Bertz CT molecular complexity index is 441. The molecule has 17 heavy (non-hydrogen) atoms. The molecule has 0 unspecified atom stereocenters. The molecule has 1 heterocycles. The van der Waals surface area contributed by atoms with Gasteiger partial charge >= 0.3 is 0 Å². The van der Waals surface area contributed by atoms with Crippen LogP contribution in [0.3, 0.4) is 0 Å². The Morgan fingerprint density at radius 2 is 2.06 bits per heavy atom. The molecule has 1 fully saturated rings. The van der Waals surface area contributed by atoms with Crippen molar-refractivity contribution in [2.24, 2.45) is 5.73 Å². The van der Waals surface area contributed by atoms with Crippen LogP contribution in [0.5, 0.6) is 17.2 Å². The van der Waals surface area contributed by atoms with Gasteiger partial charge in [0.05, 0.1) is 7.11 Å². The summed E-state index contributed by atoms with van der Waals surface area (Å²) in [6.07, 6.45) is 2.25. The largest absolute Gasteiger partial charge is 0.492 e. The lowest BCUT2D eigenvalue weighted by Crippen LogP contribution is -2.22. The van der Waals surface area contributed by atoms with Gasteiger partial charge in [0.25, 0.3) is 0 Å². The van der Waals surface area contributed by atoms with Gasteiger partial charge in [-0.1, -0.05) is 6.07 Å². The first-order valence-corrected chi connectivity index (χ1v) is 5.98. The number of fused-ring (bicyclic) bond motifs is 1. The zero-order chi connectivity index (χ0) is 11.9. The van der Waals surface area contributed by atoms with E-state index >= 15 is 0 Å². The van der Waals surface area contributed by atoms with E-state index in [-0.39, 0.29) is 5.41 Å². The van der Waals surface area contributed by atoms with E-state index < -0.39 is 0 Å². The molecule has 1 aliphatic carbocycles. The van der Waals surface area contributed by atoms with Crippen LogP contribution in [0, 0.1) is 0 Å². The lowest BCUT2D eigenvalue weighted by Gasteiger charge is -2.24. The van der Waals surface area contributed by atoms with E-state index in [1.165, 1.54) is 0 Å². The van der Waals surface area contributed by atoms with Gasteiger partial charge in [0.2, 0.25) is 5.75 Å². The maximum atomic E-state index is 5.87. The summed E-state index contributed by atoms with van der Waals surface area (Å²) in [6, 6.07) is 4.02. The predicted molar refractivity (Wildman–Crippen MR) is 64.0 cm³/mol. The molecule has 0 spiro atoms. The minimum Gasteiger partial charge on any atom is -0.492 e. The molecule has 2 N–H and O–H groups in total. The number of ether oxygens (including phenoxy) is 3. The van der Waals surface area contributed by atoms with E-state index in [1.807, 2.05) is 6.07 Å². The van der Waals surface area contributed by atoms with Gasteiger partial charge in [-0.3, -0.25) is 0 Å². The highest BCUT2D eigenvalue weighted by atomic mass is 16.6. The maximum absolute atomic E-state index is 5.87. The summed E-state index contributed by atoms with van der Waals surface area (Å²) >= 11 is 0. The van der Waals surface area contributed by atoms with Crippen LogP contribution < -0.4 is 19.9 Å². The molecule has 0 saturated heterocycles. The standard InChI is InChI=1S/C13H17NO3/c1-15-11-9(13(8-14)4-5-13)2-3-10-12(11)17-7-6-16-10/h2-3H,4-8,14H2,1H3. The molecule has 3 rings (SSSR count). The number of hydrogen-bond donors (Lipinski definition) is 1. The Hall–Kier alpha value is -1.42. The van der Waals surface area contributed by atoms with Crippen LogP contribution in [0.4, 0.5) is 0 Å². The van der Waals surface area contributed by atoms with Crippen LogP contribution in [0.15, 0.2) is 12.1 Å². The van der Waals surface area contributed by atoms with Crippen molar-refractivity contribution in [3.05, 3.63) is 17.7 Å². The molecule has 0 amide bonds. The van der Waals surface area contributed by atoms with Crippen LogP contribution in [-0.4, -0.2) is 26.9 Å². The topological polar surface area (TPSA) is 53.7 Å². The first kappa shape index (κ1) is 10.7. The number of methoxy groups -OCH3 is 1. The van der Waals surface area contributed by atoms with E-state index in [9.17, 15) is 0 Å². The van der Waals surface area contributed by atoms with Crippen molar-refractivity contribution in [3.63, 3.8) is 0 Å². The van der Waals surface area contributed by atoms with E-state index in [4.69, 9.17) is 19.9 Å². The maximum Gasteiger partial charge on any atom is 0.203 e. The summed E-state index contributed by atoms with van der Waals surface area (Å²) in [4.78, 5) is 0. The highest BCUT2D eigenvalue weighted by molar-refractivity contribution is 5.59. The van der Waals surface area contributed by atoms with Crippen molar-refractivity contribution >= 4 is 0 Å². The minimum atomic E-state index is 0.0984. The summed E-state index contributed by atoms with van der Waals surface area (Å²) < 4.78 is 16.7. The van der Waals surface area contributed by atoms with Crippen LogP contribution in [-0.2, 0) is 5.41 Å². The fourth-order valence-electron chi connectivity index (χ4n) is 2.44. The molecule has 1 aromatic carbocycles. The second-order valence-electron chi connectivity index (χ2n) is 4.66. The third kappa shape index (κ3) is 1.55. The van der Waals surface area contributed by atoms with Crippen molar-refractivity contribution in [3.8, 4) is 17.2 Å². The van der Waals surface area contributed by atoms with Crippen molar-refractivity contribution in [2.75, 3.05) is 26.9 Å². The lowest BCUT2D eigenvalue weighted by atomic mass is 9.94. The molecular weight excluding hydrogens is 218 g/mol. The quantitative estimate of drug-likeness (QED) is 0.861. The summed E-state index contributed by atoms with van der Waals surface area (Å²) in [5.74, 6) is 2.30. The summed E-state index contributed by atoms with van der Waals surface area (Å²) in [6.45, 7) is 1.82. The number of nitrogens with two attached hydrogens (primary N) is 1. The van der Waals surface area contributed by atoms with Crippen LogP contribution in [0.2, 0.25) is 0 Å². The second-order valence-corrected chi connectivity index (χ2v) is 4.66. The molecule has 0 radical (unpaired) electrons. The molecular formula is C13H17NO3. The Kier molecular flexibility index (Phi) is 2.40. The smallest absolute Gasteiger partial charge is 0.203 e. The zero-order valence-electron chi connectivity index (χ0n) is 9.99. The average Bonchev–Trinajstić information content (AvgIpc) is 3.18. The SMILES string of the molecule is COc1c(C2(CN)CC2)ccc2c1OCCO2. The zero-order valence-corrected chi connectivity index (χ0v) is 9.99. The molecule has 4 heteroatoms. The highest BCUT2D eigenvalue weighted by Crippen LogP contribution is 2.54. The van der Waals surface area contributed by atoms with Crippen LogP contribution >= 0.6 is 0 Å². The van der Waals surface area contributed by atoms with Crippen molar-refractivity contribution < 1.29 is 14.2 Å². The predicted octanol–water partition coefficient (Wildman–Crippen LogP) is 1.46. The highest BCUT2D eigenvalue weighted by Gasteiger charge is 2.46. The van der Waals surface area contributed by atoms with E-state index in [0.717, 1.165) is 35.7 Å². The molecule has 1 saturated carbocycles. The Morgan fingerprint density at radius 1 is 1.29 bits per heavy atom. The van der Waals surface area contributed by atoms with Gasteiger partial charge in [-0.05, 0) is 18.9 Å². The van der Waals surface area contributed by atoms with Gasteiger partial charge in [0.15, 0.2) is 11.5 Å². The van der Waals surface area contributed by atoms with Gasteiger partial charge in [0, 0.05) is 17.5 Å². The third-order valence-electron chi connectivity index (χ3n) is 3.68. The number of benzene rings is 1. The second kappa shape index (κ2) is 3.81. The number of rotatable bonds is 3. The van der Waals surface area contributed by atoms with Crippen molar-refractivity contribution in [2.45, 2.75) is 18.3 Å². The minimum absolute atomic E-state index is 0.0984. The van der Waals surface area contributed by atoms with E-state index in [1.54, 1.807) is 7.11 Å². The Morgan fingerprint density at radius 3 is 2.71 bits per heavy atom. The molecule has 4 nitrogen and oxygen atoms in total. The average molecular weight is 235 g/mol. The molecule has 2 aliphatic rings. The molecule has 1 aliphatic heterocycles. The van der Waals surface area contributed by atoms with Gasteiger partial charge in [-0.2, -0.15) is 0 Å². The summed E-state index contributed by atoms with van der Waals surface area (Å²) in [5.41, 5.74) is 7.13. The Balaban J connectivity index is 2.10. The first-order valence-electron chi connectivity index (χ1n) is 5.98. The normalized spacial score (nSPS) is 19.9. The van der Waals surface area contributed by atoms with E-state index in [0.29, 0.717) is 19.8 Å². The van der Waals surface area contributed by atoms with Crippen LogP contribution in [0.1, 0.15) is 18.4 Å². The monoisotopic (exact) mass is 235 g/mol. The molecule has 0 atom stereocenters. The van der Waals surface area contributed by atoms with Crippen molar-refractivity contribution in [1.29, 1.82) is 0 Å². The molecule has 0 bridgehead atoms. The summed E-state index contributed by atoms with van der Waals surface area (Å²) in [5, 5.41) is 0. The Labute approximate surface area is 101 Å². The fourth-order valence-corrected chi connectivity index (χ4v) is 2.44. The van der Waals surface area contributed by atoms with Gasteiger partial charge in [-0.25, -0.2) is 0 Å².